The summed E-state index contributed by atoms with van der Waals surface area (Å²) in [5.41, 5.74) is 1.03. The van der Waals surface area contributed by atoms with Crippen molar-refractivity contribution in [2.75, 3.05) is 17.7 Å². The van der Waals surface area contributed by atoms with Crippen LogP contribution in [0.3, 0.4) is 0 Å². The van der Waals surface area contributed by atoms with E-state index in [1.165, 1.54) is 13.2 Å². The quantitative estimate of drug-likeness (QED) is 0.673. The average Bonchev–Trinajstić information content (AvgIpc) is 2.60. The van der Waals surface area contributed by atoms with Crippen molar-refractivity contribution in [1.82, 2.24) is 0 Å². The van der Waals surface area contributed by atoms with E-state index in [9.17, 15) is 14.4 Å². The van der Waals surface area contributed by atoms with Crippen molar-refractivity contribution in [3.8, 4) is 5.75 Å². The standard InChI is InChI=1S/C18H15ClN2O5/c1-26-15-6-5-12(19)10-14(15)21-18(25)11-3-2-4-13(9-11)20-16(22)7-8-17(23)24/h2-10H,1H3,(H,20,22)(H,21,25)(H,23,24)/b8-7-. The van der Waals surface area contributed by atoms with E-state index in [4.69, 9.17) is 21.4 Å². The number of carboxylic acid groups (broad SMARTS) is 1. The van der Waals surface area contributed by atoms with E-state index in [1.54, 1.807) is 36.4 Å². The van der Waals surface area contributed by atoms with Crippen LogP contribution in [-0.4, -0.2) is 30.0 Å². The van der Waals surface area contributed by atoms with Gasteiger partial charge in [0.1, 0.15) is 5.75 Å². The number of ether oxygens (including phenoxy) is 1. The van der Waals surface area contributed by atoms with Gasteiger partial charge in [-0.25, -0.2) is 4.79 Å². The first-order chi connectivity index (χ1) is 12.4. The van der Waals surface area contributed by atoms with Crippen molar-refractivity contribution < 1.29 is 24.2 Å². The van der Waals surface area contributed by atoms with E-state index in [-0.39, 0.29) is 5.56 Å². The zero-order valence-electron chi connectivity index (χ0n) is 13.7. The number of carboxylic acids is 1. The Morgan fingerprint density at radius 3 is 2.54 bits per heavy atom. The van der Waals surface area contributed by atoms with Crippen molar-refractivity contribution in [3.63, 3.8) is 0 Å². The predicted octanol–water partition coefficient (Wildman–Crippen LogP) is 3.18. The molecule has 26 heavy (non-hydrogen) atoms. The monoisotopic (exact) mass is 374 g/mol. The highest BCUT2D eigenvalue weighted by Crippen LogP contribution is 2.28. The van der Waals surface area contributed by atoms with Gasteiger partial charge in [-0.1, -0.05) is 17.7 Å². The maximum Gasteiger partial charge on any atom is 0.328 e. The van der Waals surface area contributed by atoms with Gasteiger partial charge in [-0.3, -0.25) is 9.59 Å². The minimum Gasteiger partial charge on any atom is -0.495 e. The third kappa shape index (κ3) is 5.35. The highest BCUT2D eigenvalue weighted by molar-refractivity contribution is 6.31. The van der Waals surface area contributed by atoms with Gasteiger partial charge in [-0.2, -0.15) is 0 Å². The van der Waals surface area contributed by atoms with Gasteiger partial charge in [-0.15, -0.1) is 0 Å². The average molecular weight is 375 g/mol. The Bertz CT molecular complexity index is 880. The summed E-state index contributed by atoms with van der Waals surface area (Å²) >= 11 is 5.94. The van der Waals surface area contributed by atoms with E-state index in [0.717, 1.165) is 12.2 Å². The Balaban J connectivity index is 2.14. The van der Waals surface area contributed by atoms with Crippen LogP contribution in [0.15, 0.2) is 54.6 Å². The van der Waals surface area contributed by atoms with Gasteiger partial charge in [0.25, 0.3) is 5.91 Å². The van der Waals surface area contributed by atoms with Crippen LogP contribution in [0.5, 0.6) is 5.75 Å². The lowest BCUT2D eigenvalue weighted by molar-refractivity contribution is -0.131. The Morgan fingerprint density at radius 1 is 1.08 bits per heavy atom. The second-order valence-corrected chi connectivity index (χ2v) is 5.48. The molecule has 0 radical (unpaired) electrons. The van der Waals surface area contributed by atoms with Crippen LogP contribution in [0.2, 0.25) is 5.02 Å². The molecule has 3 N–H and O–H groups in total. The molecule has 0 aromatic heterocycles. The van der Waals surface area contributed by atoms with Crippen molar-refractivity contribution in [1.29, 1.82) is 0 Å². The lowest BCUT2D eigenvalue weighted by Gasteiger charge is -2.11. The van der Waals surface area contributed by atoms with Crippen molar-refractivity contribution >= 4 is 40.8 Å². The molecule has 0 unspecified atom stereocenters. The Labute approximate surface area is 154 Å². The first-order valence-electron chi connectivity index (χ1n) is 7.36. The van der Waals surface area contributed by atoms with E-state index in [2.05, 4.69) is 10.6 Å². The summed E-state index contributed by atoms with van der Waals surface area (Å²) in [6, 6.07) is 11.0. The van der Waals surface area contributed by atoms with Gasteiger partial charge in [0.15, 0.2) is 0 Å². The zero-order valence-corrected chi connectivity index (χ0v) is 14.4. The number of hydrogen-bond donors (Lipinski definition) is 3. The molecule has 134 valence electrons. The number of hydrogen-bond acceptors (Lipinski definition) is 4. The maximum atomic E-state index is 12.4. The third-order valence-electron chi connectivity index (χ3n) is 3.18. The lowest BCUT2D eigenvalue weighted by Crippen LogP contribution is -2.14. The molecule has 0 saturated carbocycles. The molecule has 0 saturated heterocycles. The lowest BCUT2D eigenvalue weighted by atomic mass is 10.1. The van der Waals surface area contributed by atoms with Gasteiger partial charge in [0, 0.05) is 28.4 Å². The van der Waals surface area contributed by atoms with Crippen LogP contribution < -0.4 is 15.4 Å². The summed E-state index contributed by atoms with van der Waals surface area (Å²) in [7, 11) is 1.47. The number of anilines is 2. The number of carbonyl (C=O) groups excluding carboxylic acids is 2. The van der Waals surface area contributed by atoms with E-state index >= 15 is 0 Å². The largest absolute Gasteiger partial charge is 0.495 e. The fraction of sp³-hybridized carbons (Fsp3) is 0.0556. The molecule has 0 heterocycles. The summed E-state index contributed by atoms with van der Waals surface area (Å²) in [4.78, 5) is 34.5. The molecule has 0 aliphatic carbocycles. The Morgan fingerprint density at radius 2 is 1.85 bits per heavy atom. The molecule has 8 heteroatoms. The van der Waals surface area contributed by atoms with Crippen molar-refractivity contribution in [2.24, 2.45) is 0 Å². The minimum atomic E-state index is -1.23. The van der Waals surface area contributed by atoms with Crippen molar-refractivity contribution in [2.45, 2.75) is 0 Å². The van der Waals surface area contributed by atoms with Gasteiger partial charge in [0.05, 0.1) is 12.8 Å². The maximum absolute atomic E-state index is 12.4. The van der Waals surface area contributed by atoms with E-state index in [0.29, 0.717) is 22.1 Å². The number of methoxy groups -OCH3 is 1. The van der Waals surface area contributed by atoms with E-state index < -0.39 is 17.8 Å². The number of carbonyl (C=O) groups is 3. The molecule has 0 bridgehead atoms. The molecule has 2 aromatic carbocycles. The molecule has 0 aliphatic rings. The molecular weight excluding hydrogens is 360 g/mol. The van der Waals surface area contributed by atoms with Gasteiger partial charge < -0.3 is 20.5 Å². The predicted molar refractivity (Wildman–Crippen MR) is 97.8 cm³/mol. The minimum absolute atomic E-state index is 0.284. The number of aliphatic carboxylic acids is 1. The summed E-state index contributed by atoms with van der Waals surface area (Å²) in [5, 5.41) is 14.1. The molecule has 2 rings (SSSR count). The highest BCUT2D eigenvalue weighted by atomic mass is 35.5. The molecule has 7 nitrogen and oxygen atoms in total. The van der Waals surface area contributed by atoms with Crippen LogP contribution in [0.1, 0.15) is 10.4 Å². The molecule has 0 spiro atoms. The summed E-state index contributed by atoms with van der Waals surface area (Å²) < 4.78 is 5.17. The second kappa shape index (κ2) is 8.68. The first kappa shape index (κ1) is 19.0. The van der Waals surface area contributed by atoms with Crippen LogP contribution in [-0.2, 0) is 9.59 Å². The molecule has 0 aliphatic heterocycles. The Kier molecular flexibility index (Phi) is 6.35. The molecule has 0 fully saturated rings. The van der Waals surface area contributed by atoms with Crippen LogP contribution in [0.25, 0.3) is 0 Å². The molecular formula is C18H15ClN2O5. The molecule has 2 amide bonds. The summed E-state index contributed by atoms with van der Waals surface area (Å²) in [6.45, 7) is 0. The first-order valence-corrected chi connectivity index (χ1v) is 7.74. The number of halogens is 1. The number of nitrogens with one attached hydrogen (secondary N) is 2. The number of amides is 2. The van der Waals surface area contributed by atoms with Crippen molar-refractivity contribution in [3.05, 3.63) is 65.2 Å². The van der Waals surface area contributed by atoms with E-state index in [1.807, 2.05) is 0 Å². The van der Waals surface area contributed by atoms with Crippen LogP contribution in [0, 0.1) is 0 Å². The molecule has 2 aromatic rings. The van der Waals surface area contributed by atoms with Gasteiger partial charge in [0.2, 0.25) is 5.91 Å². The topological polar surface area (TPSA) is 105 Å². The fourth-order valence-corrected chi connectivity index (χ4v) is 2.21. The highest BCUT2D eigenvalue weighted by Gasteiger charge is 2.11. The van der Waals surface area contributed by atoms with Gasteiger partial charge in [-0.05, 0) is 36.4 Å². The second-order valence-electron chi connectivity index (χ2n) is 5.04. The molecule has 0 atom stereocenters. The van der Waals surface area contributed by atoms with Crippen LogP contribution in [0.4, 0.5) is 11.4 Å². The summed E-state index contributed by atoms with van der Waals surface area (Å²) in [6.07, 6.45) is 1.60. The third-order valence-corrected chi connectivity index (χ3v) is 3.41. The van der Waals surface area contributed by atoms with Crippen LogP contribution >= 0.6 is 11.6 Å². The zero-order chi connectivity index (χ0) is 19.1. The van der Waals surface area contributed by atoms with Gasteiger partial charge >= 0.3 is 5.97 Å². The SMILES string of the molecule is COc1ccc(Cl)cc1NC(=O)c1cccc(NC(=O)/C=C\C(=O)O)c1. The number of rotatable bonds is 6. The summed E-state index contributed by atoms with van der Waals surface area (Å²) in [5.74, 6) is -1.83. The smallest absolute Gasteiger partial charge is 0.328 e. The normalized spacial score (nSPS) is 10.4. The number of benzene rings is 2. The Hall–Kier alpha value is -3.32. The fourth-order valence-electron chi connectivity index (χ4n) is 2.04.